The normalized spacial score (nSPS) is 10.6. The maximum absolute atomic E-state index is 5.39. The number of ether oxygens (including phenoxy) is 1. The Balaban J connectivity index is 2.43. The van der Waals surface area contributed by atoms with Crippen LogP contribution >= 0.6 is 0 Å². The van der Waals surface area contributed by atoms with Crippen molar-refractivity contribution >= 4 is 10.8 Å². The molecule has 0 saturated carbocycles. The van der Waals surface area contributed by atoms with Gasteiger partial charge >= 0.3 is 0 Å². The Bertz CT molecular complexity index is 420. The number of rotatable bonds is 3. The van der Waals surface area contributed by atoms with Crippen LogP contribution in [0.5, 0.6) is 0 Å². The maximum Gasteiger partial charge on any atom is 0.0737 e. The minimum atomic E-state index is 0.644. The van der Waals surface area contributed by atoms with E-state index < -0.39 is 0 Å². The fraction of sp³-hybridized carbons (Fsp3) is 0.250. The number of benzene rings is 1. The summed E-state index contributed by atoms with van der Waals surface area (Å²) in [5.41, 5.74) is 1.16. The van der Waals surface area contributed by atoms with Crippen molar-refractivity contribution in [3.05, 3.63) is 42.2 Å². The van der Waals surface area contributed by atoms with Gasteiger partial charge in [0.1, 0.15) is 0 Å². The lowest BCUT2D eigenvalue weighted by atomic mass is 10.1. The van der Waals surface area contributed by atoms with Crippen molar-refractivity contribution in [1.29, 1.82) is 0 Å². The smallest absolute Gasteiger partial charge is 0.0737 e. The van der Waals surface area contributed by atoms with E-state index in [2.05, 4.69) is 17.1 Å². The van der Waals surface area contributed by atoms with Crippen LogP contribution in [0.2, 0.25) is 0 Å². The van der Waals surface area contributed by atoms with Crippen molar-refractivity contribution in [3.8, 4) is 0 Å². The van der Waals surface area contributed by atoms with E-state index in [1.165, 1.54) is 10.8 Å². The Hall–Kier alpha value is -1.41. The second kappa shape index (κ2) is 4.20. The Morgan fingerprint density at radius 2 is 2.07 bits per heavy atom. The van der Waals surface area contributed by atoms with E-state index in [0.717, 1.165) is 12.2 Å². The van der Waals surface area contributed by atoms with Crippen molar-refractivity contribution in [1.82, 2.24) is 4.98 Å². The minimum absolute atomic E-state index is 0.644. The van der Waals surface area contributed by atoms with Gasteiger partial charge in [-0.1, -0.05) is 24.3 Å². The average molecular weight is 187 g/mol. The topological polar surface area (TPSA) is 22.1 Å². The van der Waals surface area contributed by atoms with Crippen molar-refractivity contribution in [2.24, 2.45) is 0 Å². The minimum Gasteiger partial charge on any atom is -0.377 e. The molecule has 1 heterocycles. The van der Waals surface area contributed by atoms with Crippen LogP contribution in [0.4, 0.5) is 0 Å². The quantitative estimate of drug-likeness (QED) is 0.737. The summed E-state index contributed by atoms with van der Waals surface area (Å²) in [5, 5.41) is 2.40. The van der Waals surface area contributed by atoms with Crippen LogP contribution in [0.25, 0.3) is 10.8 Å². The monoisotopic (exact) mass is 187 g/mol. The van der Waals surface area contributed by atoms with Gasteiger partial charge in [0, 0.05) is 30.0 Å². The Morgan fingerprint density at radius 3 is 2.93 bits per heavy atom. The van der Waals surface area contributed by atoms with Gasteiger partial charge in [-0.2, -0.15) is 0 Å². The summed E-state index contributed by atoms with van der Waals surface area (Å²) < 4.78 is 5.39. The lowest BCUT2D eigenvalue weighted by molar-refractivity contribution is 0.135. The van der Waals surface area contributed by atoms with Gasteiger partial charge in [-0.05, 0) is 12.3 Å². The lowest BCUT2D eigenvalue weighted by Crippen LogP contribution is -1.93. The molecular formula is C12H13NO. The van der Waals surface area contributed by atoms with Gasteiger partial charge in [0.05, 0.1) is 6.61 Å². The molecule has 0 spiro atoms. The molecule has 0 saturated heterocycles. The average Bonchev–Trinajstić information content (AvgIpc) is 2.26. The van der Waals surface area contributed by atoms with Crippen LogP contribution < -0.4 is 0 Å². The highest BCUT2D eigenvalue weighted by atomic mass is 16.5. The Morgan fingerprint density at radius 1 is 1.21 bits per heavy atom. The van der Waals surface area contributed by atoms with Crippen LogP contribution in [-0.2, 0) is 11.3 Å². The standard InChI is InChI=1S/C12H13NO/c1-2-14-9-11-8-13-7-10-5-3-4-6-12(10)11/h3-8H,2,9H2,1H3. The molecule has 2 heteroatoms. The first-order valence-electron chi connectivity index (χ1n) is 4.81. The van der Waals surface area contributed by atoms with Gasteiger partial charge in [0.2, 0.25) is 0 Å². The Labute approximate surface area is 83.5 Å². The first kappa shape index (κ1) is 9.16. The number of fused-ring (bicyclic) bond motifs is 1. The molecule has 1 aromatic heterocycles. The zero-order valence-electron chi connectivity index (χ0n) is 8.23. The van der Waals surface area contributed by atoms with Gasteiger partial charge in [0.25, 0.3) is 0 Å². The summed E-state index contributed by atoms with van der Waals surface area (Å²) in [5.74, 6) is 0. The predicted octanol–water partition coefficient (Wildman–Crippen LogP) is 2.77. The third-order valence-electron chi connectivity index (χ3n) is 2.21. The molecular weight excluding hydrogens is 174 g/mol. The van der Waals surface area contributed by atoms with Crippen molar-refractivity contribution in [2.75, 3.05) is 6.61 Å². The van der Waals surface area contributed by atoms with E-state index in [1.54, 1.807) is 0 Å². The van der Waals surface area contributed by atoms with Crippen molar-refractivity contribution in [2.45, 2.75) is 13.5 Å². The molecule has 0 aliphatic heterocycles. The molecule has 2 aromatic rings. The van der Waals surface area contributed by atoms with Crippen LogP contribution in [0.1, 0.15) is 12.5 Å². The number of aromatic nitrogens is 1. The molecule has 0 aliphatic rings. The van der Waals surface area contributed by atoms with Gasteiger partial charge in [-0.15, -0.1) is 0 Å². The molecule has 0 bridgehead atoms. The molecule has 2 rings (SSSR count). The molecule has 0 amide bonds. The third-order valence-corrected chi connectivity index (χ3v) is 2.21. The van der Waals surface area contributed by atoms with E-state index in [1.807, 2.05) is 31.5 Å². The van der Waals surface area contributed by atoms with Crippen LogP contribution in [0.15, 0.2) is 36.7 Å². The van der Waals surface area contributed by atoms with Gasteiger partial charge < -0.3 is 4.74 Å². The molecule has 0 fully saturated rings. The highest BCUT2D eigenvalue weighted by Gasteiger charge is 1.99. The van der Waals surface area contributed by atoms with Gasteiger partial charge in [-0.3, -0.25) is 4.98 Å². The molecule has 0 unspecified atom stereocenters. The zero-order chi connectivity index (χ0) is 9.80. The first-order valence-corrected chi connectivity index (χ1v) is 4.81. The van der Waals surface area contributed by atoms with Crippen molar-refractivity contribution in [3.63, 3.8) is 0 Å². The zero-order valence-corrected chi connectivity index (χ0v) is 8.23. The van der Waals surface area contributed by atoms with Crippen LogP contribution in [-0.4, -0.2) is 11.6 Å². The van der Waals surface area contributed by atoms with Gasteiger partial charge in [0.15, 0.2) is 0 Å². The molecule has 0 radical (unpaired) electrons. The molecule has 0 aliphatic carbocycles. The Kier molecular flexibility index (Phi) is 2.75. The molecule has 1 aromatic carbocycles. The number of nitrogens with zero attached hydrogens (tertiary/aromatic N) is 1. The summed E-state index contributed by atoms with van der Waals surface area (Å²) in [6, 6.07) is 8.23. The second-order valence-electron chi connectivity index (χ2n) is 3.16. The van der Waals surface area contributed by atoms with Crippen LogP contribution in [0.3, 0.4) is 0 Å². The number of hydrogen-bond donors (Lipinski definition) is 0. The predicted molar refractivity (Wildman–Crippen MR) is 57.1 cm³/mol. The van der Waals surface area contributed by atoms with E-state index in [0.29, 0.717) is 6.61 Å². The molecule has 0 atom stereocenters. The molecule has 14 heavy (non-hydrogen) atoms. The molecule has 2 nitrogen and oxygen atoms in total. The fourth-order valence-corrected chi connectivity index (χ4v) is 1.51. The SMILES string of the molecule is CCOCc1cncc2ccccc12. The third kappa shape index (κ3) is 1.75. The summed E-state index contributed by atoms with van der Waals surface area (Å²) >= 11 is 0. The van der Waals surface area contributed by atoms with E-state index in [-0.39, 0.29) is 0 Å². The largest absolute Gasteiger partial charge is 0.377 e. The van der Waals surface area contributed by atoms with Gasteiger partial charge in [-0.25, -0.2) is 0 Å². The first-order chi connectivity index (χ1) is 6.92. The van der Waals surface area contributed by atoms with Crippen LogP contribution in [0, 0.1) is 0 Å². The van der Waals surface area contributed by atoms with Crippen molar-refractivity contribution < 1.29 is 4.74 Å². The molecule has 72 valence electrons. The summed E-state index contributed by atoms with van der Waals surface area (Å²) in [7, 11) is 0. The highest BCUT2D eigenvalue weighted by Crippen LogP contribution is 2.17. The second-order valence-corrected chi connectivity index (χ2v) is 3.16. The van der Waals surface area contributed by atoms with E-state index in [9.17, 15) is 0 Å². The van der Waals surface area contributed by atoms with E-state index in [4.69, 9.17) is 4.74 Å². The fourth-order valence-electron chi connectivity index (χ4n) is 1.51. The number of pyridine rings is 1. The summed E-state index contributed by atoms with van der Waals surface area (Å²) in [4.78, 5) is 4.19. The summed E-state index contributed by atoms with van der Waals surface area (Å²) in [6.07, 6.45) is 3.75. The lowest BCUT2D eigenvalue weighted by Gasteiger charge is -2.05. The molecule has 0 N–H and O–H groups in total. The number of hydrogen-bond acceptors (Lipinski definition) is 2. The summed E-state index contributed by atoms with van der Waals surface area (Å²) in [6.45, 7) is 3.38. The highest BCUT2D eigenvalue weighted by molar-refractivity contribution is 5.84. The van der Waals surface area contributed by atoms with E-state index >= 15 is 0 Å². The maximum atomic E-state index is 5.39.